The highest BCUT2D eigenvalue weighted by molar-refractivity contribution is 5.85. The van der Waals surface area contributed by atoms with Crippen molar-refractivity contribution < 1.29 is 13.9 Å². The molecule has 0 aliphatic carbocycles. The van der Waals surface area contributed by atoms with Gasteiger partial charge in [0, 0.05) is 19.8 Å². The molecule has 3 aromatic rings. The van der Waals surface area contributed by atoms with E-state index in [1.807, 2.05) is 43.3 Å². The number of rotatable bonds is 6. The first kappa shape index (κ1) is 18.2. The van der Waals surface area contributed by atoms with Crippen molar-refractivity contribution in [1.29, 1.82) is 0 Å². The summed E-state index contributed by atoms with van der Waals surface area (Å²) >= 11 is 0. The lowest BCUT2D eigenvalue weighted by Crippen LogP contribution is -2.24. The topological polar surface area (TPSA) is 84.1 Å². The Labute approximate surface area is 155 Å². The molecule has 0 saturated carbocycles. The summed E-state index contributed by atoms with van der Waals surface area (Å²) in [4.78, 5) is 25.5. The van der Waals surface area contributed by atoms with Crippen LogP contribution in [0.1, 0.15) is 5.56 Å². The minimum atomic E-state index is -0.539. The summed E-state index contributed by atoms with van der Waals surface area (Å²) in [5.41, 5.74) is 4.19. The molecule has 0 saturated heterocycles. The molecule has 1 aromatic heterocycles. The Kier molecular flexibility index (Phi) is 5.51. The van der Waals surface area contributed by atoms with E-state index in [0.29, 0.717) is 16.7 Å². The number of nitrogens with one attached hydrogen (secondary N) is 1. The number of nitrogens with zero attached hydrogens (tertiary/aromatic N) is 2. The average Bonchev–Trinajstić information content (AvgIpc) is 2.66. The van der Waals surface area contributed by atoms with Crippen molar-refractivity contribution in [3.63, 3.8) is 0 Å². The molecule has 0 aliphatic rings. The molecule has 138 valence electrons. The Morgan fingerprint density at radius 1 is 1.19 bits per heavy atom. The third-order valence-electron chi connectivity index (χ3n) is 3.78. The largest absolute Gasteiger partial charge is 0.483 e. The molecule has 0 atom stereocenters. The van der Waals surface area contributed by atoms with Crippen LogP contribution >= 0.6 is 0 Å². The van der Waals surface area contributed by atoms with Crippen LogP contribution in [0.15, 0.2) is 68.9 Å². The maximum Gasteiger partial charge on any atom is 0.339 e. The minimum Gasteiger partial charge on any atom is -0.483 e. The molecule has 0 fully saturated rings. The summed E-state index contributed by atoms with van der Waals surface area (Å²) in [6, 6.07) is 15.9. The van der Waals surface area contributed by atoms with Gasteiger partial charge in [-0.3, -0.25) is 4.79 Å². The van der Waals surface area contributed by atoms with Gasteiger partial charge in [0.15, 0.2) is 6.61 Å². The molecule has 0 unspecified atom stereocenters. The van der Waals surface area contributed by atoms with Gasteiger partial charge in [-0.1, -0.05) is 24.3 Å². The summed E-state index contributed by atoms with van der Waals surface area (Å²) in [5.74, 6) is -0.145. The van der Waals surface area contributed by atoms with Gasteiger partial charge >= 0.3 is 5.63 Å². The molecule has 0 spiro atoms. The van der Waals surface area contributed by atoms with Crippen molar-refractivity contribution in [2.45, 2.75) is 0 Å². The van der Waals surface area contributed by atoms with Crippen LogP contribution in [-0.2, 0) is 4.79 Å². The highest BCUT2D eigenvalue weighted by Crippen LogP contribution is 2.22. The Morgan fingerprint density at radius 2 is 1.93 bits per heavy atom. The highest BCUT2D eigenvalue weighted by atomic mass is 16.5. The first-order valence-corrected chi connectivity index (χ1v) is 8.28. The highest BCUT2D eigenvalue weighted by Gasteiger charge is 2.08. The van der Waals surface area contributed by atoms with Gasteiger partial charge in [0.1, 0.15) is 11.3 Å². The standard InChI is InChI=1S/C20H19N3O4/c1-23(2)15-9-7-14(8-10-15)12-21-22-19(24)13-26-18-11-20(25)27-17-6-4-3-5-16(17)18/h3-12H,13H2,1-2H3,(H,22,24). The summed E-state index contributed by atoms with van der Waals surface area (Å²) < 4.78 is 10.5. The number of hydrogen-bond acceptors (Lipinski definition) is 6. The molecule has 0 aliphatic heterocycles. The van der Waals surface area contributed by atoms with Crippen LogP contribution in [0.3, 0.4) is 0 Å². The molecule has 1 N–H and O–H groups in total. The fourth-order valence-corrected chi connectivity index (χ4v) is 2.41. The van der Waals surface area contributed by atoms with E-state index in [9.17, 15) is 9.59 Å². The van der Waals surface area contributed by atoms with Gasteiger partial charge in [-0.05, 0) is 29.8 Å². The van der Waals surface area contributed by atoms with Crippen LogP contribution in [0.5, 0.6) is 5.75 Å². The molecule has 3 rings (SSSR count). The summed E-state index contributed by atoms with van der Waals surface area (Å²) in [7, 11) is 3.92. The van der Waals surface area contributed by atoms with Gasteiger partial charge in [-0.15, -0.1) is 0 Å². The lowest BCUT2D eigenvalue weighted by atomic mass is 10.2. The van der Waals surface area contributed by atoms with Crippen LogP contribution < -0.4 is 20.7 Å². The monoisotopic (exact) mass is 365 g/mol. The maximum absolute atomic E-state index is 11.9. The predicted molar refractivity (Wildman–Crippen MR) is 104 cm³/mol. The molecule has 1 heterocycles. The van der Waals surface area contributed by atoms with E-state index in [4.69, 9.17) is 9.15 Å². The average molecular weight is 365 g/mol. The van der Waals surface area contributed by atoms with Crippen LogP contribution in [0.2, 0.25) is 0 Å². The first-order valence-electron chi connectivity index (χ1n) is 8.28. The van der Waals surface area contributed by atoms with Gasteiger partial charge in [-0.25, -0.2) is 10.2 Å². The molecule has 0 bridgehead atoms. The predicted octanol–water partition coefficient (Wildman–Crippen LogP) is 2.39. The summed E-state index contributed by atoms with van der Waals surface area (Å²) in [5, 5.41) is 4.53. The van der Waals surface area contributed by atoms with Crippen LogP contribution in [0, 0.1) is 0 Å². The number of ether oxygens (including phenoxy) is 1. The number of carbonyl (C=O) groups is 1. The second kappa shape index (κ2) is 8.18. The molecule has 27 heavy (non-hydrogen) atoms. The lowest BCUT2D eigenvalue weighted by Gasteiger charge is -2.11. The third kappa shape index (κ3) is 4.72. The Hall–Kier alpha value is -3.61. The molecule has 2 aromatic carbocycles. The smallest absolute Gasteiger partial charge is 0.339 e. The number of benzene rings is 2. The van der Waals surface area contributed by atoms with E-state index in [0.717, 1.165) is 11.3 Å². The van der Waals surface area contributed by atoms with Gasteiger partial charge in [0.25, 0.3) is 5.91 Å². The Morgan fingerprint density at radius 3 is 2.67 bits per heavy atom. The number of hydrogen-bond donors (Lipinski definition) is 1. The fourth-order valence-electron chi connectivity index (χ4n) is 2.41. The quantitative estimate of drug-likeness (QED) is 0.412. The molecule has 0 radical (unpaired) electrons. The molecule has 7 nitrogen and oxygen atoms in total. The normalized spacial score (nSPS) is 10.9. The zero-order chi connectivity index (χ0) is 19.2. The van der Waals surface area contributed by atoms with E-state index in [1.165, 1.54) is 6.07 Å². The third-order valence-corrected chi connectivity index (χ3v) is 3.78. The van der Waals surface area contributed by atoms with Gasteiger partial charge in [0.2, 0.25) is 0 Å². The maximum atomic E-state index is 11.9. The van der Waals surface area contributed by atoms with Gasteiger partial charge in [-0.2, -0.15) is 5.10 Å². The molecular formula is C20H19N3O4. The molecular weight excluding hydrogens is 346 g/mol. The number of carbonyl (C=O) groups excluding carboxylic acids is 1. The summed E-state index contributed by atoms with van der Waals surface area (Å²) in [6.07, 6.45) is 1.55. The van der Waals surface area contributed by atoms with Crippen LogP contribution in [0.4, 0.5) is 5.69 Å². The second-order valence-corrected chi connectivity index (χ2v) is 5.99. The zero-order valence-corrected chi connectivity index (χ0v) is 15.0. The van der Waals surface area contributed by atoms with Crippen molar-refractivity contribution >= 4 is 28.8 Å². The van der Waals surface area contributed by atoms with Crippen molar-refractivity contribution in [3.8, 4) is 5.75 Å². The number of anilines is 1. The first-order chi connectivity index (χ1) is 13.0. The van der Waals surface area contributed by atoms with E-state index >= 15 is 0 Å². The number of hydrazone groups is 1. The van der Waals surface area contributed by atoms with Crippen molar-refractivity contribution in [3.05, 3.63) is 70.6 Å². The van der Waals surface area contributed by atoms with E-state index < -0.39 is 11.5 Å². The number of para-hydroxylation sites is 1. The minimum absolute atomic E-state index is 0.273. The van der Waals surface area contributed by atoms with Crippen LogP contribution in [0.25, 0.3) is 11.0 Å². The Balaban J connectivity index is 1.58. The van der Waals surface area contributed by atoms with E-state index in [2.05, 4.69) is 10.5 Å². The lowest BCUT2D eigenvalue weighted by molar-refractivity contribution is -0.123. The van der Waals surface area contributed by atoms with Crippen LogP contribution in [-0.4, -0.2) is 32.8 Å². The van der Waals surface area contributed by atoms with Gasteiger partial charge < -0.3 is 14.1 Å². The molecule has 7 heteroatoms. The summed E-state index contributed by atoms with van der Waals surface area (Å²) in [6.45, 7) is -0.273. The molecule has 1 amide bonds. The van der Waals surface area contributed by atoms with Crippen molar-refractivity contribution in [2.24, 2.45) is 5.10 Å². The Bertz CT molecular complexity index is 1020. The van der Waals surface area contributed by atoms with Crippen molar-refractivity contribution in [1.82, 2.24) is 5.43 Å². The SMILES string of the molecule is CN(C)c1ccc(C=NNC(=O)COc2cc(=O)oc3ccccc23)cc1. The number of amides is 1. The van der Waals surface area contributed by atoms with Gasteiger partial charge in [0.05, 0.1) is 17.7 Å². The number of fused-ring (bicyclic) bond motifs is 1. The van der Waals surface area contributed by atoms with E-state index in [1.54, 1.807) is 30.5 Å². The second-order valence-electron chi connectivity index (χ2n) is 5.99. The van der Waals surface area contributed by atoms with E-state index in [-0.39, 0.29) is 6.61 Å². The van der Waals surface area contributed by atoms with Crippen molar-refractivity contribution in [2.75, 3.05) is 25.6 Å². The fraction of sp³-hybridized carbons (Fsp3) is 0.150. The zero-order valence-electron chi connectivity index (χ0n) is 15.0.